The van der Waals surface area contributed by atoms with Gasteiger partial charge < -0.3 is 16.0 Å². The SMILES string of the molecule is CN(CCC(=O)NC(N)=O)C1CC2CCC(C1)N2.Cl. The first kappa shape index (κ1) is 16.2. The van der Waals surface area contributed by atoms with Crippen LogP contribution >= 0.6 is 12.4 Å². The Balaban J connectivity index is 0.00000180. The van der Waals surface area contributed by atoms with Crippen LogP contribution in [0.3, 0.4) is 0 Å². The standard InChI is InChI=1S/C12H22N4O2.ClH/c1-16(5-4-11(17)15-12(13)18)10-6-8-2-3-9(7-10)14-8;/h8-10,14H,2-7H2,1H3,(H3,13,15,17,18);1H. The van der Waals surface area contributed by atoms with Crippen LogP contribution in [0.15, 0.2) is 0 Å². The van der Waals surface area contributed by atoms with E-state index < -0.39 is 6.03 Å². The maximum atomic E-state index is 11.3. The van der Waals surface area contributed by atoms with Gasteiger partial charge in [-0.05, 0) is 32.7 Å². The van der Waals surface area contributed by atoms with Gasteiger partial charge in [-0.3, -0.25) is 10.1 Å². The van der Waals surface area contributed by atoms with Crippen LogP contribution in [-0.4, -0.2) is 48.6 Å². The maximum Gasteiger partial charge on any atom is 0.318 e. The van der Waals surface area contributed by atoms with E-state index in [9.17, 15) is 9.59 Å². The molecule has 2 aliphatic heterocycles. The summed E-state index contributed by atoms with van der Waals surface area (Å²) in [5, 5.41) is 5.69. The molecule has 3 amide bonds. The highest BCUT2D eigenvalue weighted by atomic mass is 35.5. The third-order valence-electron chi connectivity index (χ3n) is 4.03. The van der Waals surface area contributed by atoms with Gasteiger partial charge in [-0.2, -0.15) is 0 Å². The van der Waals surface area contributed by atoms with Crippen LogP contribution in [0.25, 0.3) is 0 Å². The Morgan fingerprint density at radius 2 is 1.89 bits per heavy atom. The molecule has 0 aromatic carbocycles. The molecule has 2 atom stereocenters. The second-order valence-corrected chi connectivity index (χ2v) is 5.41. The van der Waals surface area contributed by atoms with Crippen molar-refractivity contribution in [3.63, 3.8) is 0 Å². The summed E-state index contributed by atoms with van der Waals surface area (Å²) in [7, 11) is 2.05. The molecule has 7 heteroatoms. The van der Waals surface area contributed by atoms with E-state index in [0.29, 0.717) is 31.1 Å². The number of nitrogens with one attached hydrogen (secondary N) is 2. The van der Waals surface area contributed by atoms with Gasteiger partial charge in [-0.15, -0.1) is 12.4 Å². The van der Waals surface area contributed by atoms with Crippen molar-refractivity contribution in [1.29, 1.82) is 0 Å². The highest BCUT2D eigenvalue weighted by molar-refractivity contribution is 5.93. The normalized spacial score (nSPS) is 28.8. The summed E-state index contributed by atoms with van der Waals surface area (Å²) >= 11 is 0. The highest BCUT2D eigenvalue weighted by Crippen LogP contribution is 2.29. The van der Waals surface area contributed by atoms with E-state index in [1.54, 1.807) is 0 Å². The van der Waals surface area contributed by atoms with Gasteiger partial charge in [0.1, 0.15) is 0 Å². The van der Waals surface area contributed by atoms with Crippen LogP contribution in [0.5, 0.6) is 0 Å². The van der Waals surface area contributed by atoms with Crippen LogP contribution in [0.4, 0.5) is 4.79 Å². The number of rotatable bonds is 4. The zero-order valence-electron chi connectivity index (χ0n) is 11.2. The lowest BCUT2D eigenvalue weighted by Crippen LogP contribution is -2.47. The summed E-state index contributed by atoms with van der Waals surface area (Å²) in [5.74, 6) is -0.300. The number of nitrogens with two attached hydrogens (primary N) is 1. The first-order valence-electron chi connectivity index (χ1n) is 6.60. The third kappa shape index (κ3) is 4.63. The summed E-state index contributed by atoms with van der Waals surface area (Å²) in [6.45, 7) is 0.670. The number of imide groups is 1. The second kappa shape index (κ2) is 7.07. The summed E-state index contributed by atoms with van der Waals surface area (Å²) < 4.78 is 0. The van der Waals surface area contributed by atoms with Crippen LogP contribution in [-0.2, 0) is 4.79 Å². The summed E-state index contributed by atoms with van der Waals surface area (Å²) in [4.78, 5) is 24.1. The molecule has 0 aromatic rings. The molecule has 2 aliphatic rings. The lowest BCUT2D eigenvalue weighted by Gasteiger charge is -2.35. The average Bonchev–Trinajstić information content (AvgIpc) is 2.64. The minimum absolute atomic E-state index is 0. The van der Waals surface area contributed by atoms with Crippen molar-refractivity contribution >= 4 is 24.3 Å². The smallest absolute Gasteiger partial charge is 0.318 e. The molecule has 2 bridgehead atoms. The van der Waals surface area contributed by atoms with Gasteiger partial charge in [0.2, 0.25) is 5.91 Å². The third-order valence-corrected chi connectivity index (χ3v) is 4.03. The molecule has 0 radical (unpaired) electrons. The molecule has 4 N–H and O–H groups in total. The van der Waals surface area contributed by atoms with E-state index in [1.807, 2.05) is 7.05 Å². The Bertz CT molecular complexity index is 328. The topological polar surface area (TPSA) is 87.5 Å². The number of nitrogens with zero attached hydrogens (tertiary/aromatic N) is 1. The van der Waals surface area contributed by atoms with E-state index >= 15 is 0 Å². The minimum Gasteiger partial charge on any atom is -0.351 e. The van der Waals surface area contributed by atoms with Crippen molar-refractivity contribution in [1.82, 2.24) is 15.5 Å². The zero-order chi connectivity index (χ0) is 13.1. The summed E-state index contributed by atoms with van der Waals surface area (Å²) in [6.07, 6.45) is 5.18. The number of fused-ring (bicyclic) bond motifs is 2. The Morgan fingerprint density at radius 1 is 1.32 bits per heavy atom. The minimum atomic E-state index is -0.775. The molecule has 2 unspecified atom stereocenters. The molecule has 19 heavy (non-hydrogen) atoms. The van der Waals surface area contributed by atoms with Gasteiger partial charge in [0.05, 0.1) is 0 Å². The fraction of sp³-hybridized carbons (Fsp3) is 0.833. The number of primary amides is 1. The van der Waals surface area contributed by atoms with E-state index in [1.165, 1.54) is 12.8 Å². The lowest BCUT2D eigenvalue weighted by atomic mass is 9.98. The quantitative estimate of drug-likeness (QED) is 0.691. The van der Waals surface area contributed by atoms with E-state index in [2.05, 4.69) is 15.5 Å². The fourth-order valence-corrected chi connectivity index (χ4v) is 3.05. The Hall–Kier alpha value is -0.850. The van der Waals surface area contributed by atoms with Gasteiger partial charge in [-0.1, -0.05) is 0 Å². The molecule has 0 aliphatic carbocycles. The predicted octanol–water partition coefficient (Wildman–Crippen LogP) is 0.208. The molecule has 0 spiro atoms. The van der Waals surface area contributed by atoms with Crippen molar-refractivity contribution in [2.75, 3.05) is 13.6 Å². The number of piperidine rings is 1. The van der Waals surface area contributed by atoms with Crippen molar-refractivity contribution in [2.24, 2.45) is 5.73 Å². The highest BCUT2D eigenvalue weighted by Gasteiger charge is 2.34. The molecule has 110 valence electrons. The van der Waals surface area contributed by atoms with Gasteiger partial charge in [-0.25, -0.2) is 4.79 Å². The fourth-order valence-electron chi connectivity index (χ4n) is 3.05. The van der Waals surface area contributed by atoms with Gasteiger partial charge in [0, 0.05) is 31.1 Å². The number of amides is 3. The lowest BCUT2D eigenvalue weighted by molar-refractivity contribution is -0.120. The monoisotopic (exact) mass is 290 g/mol. The first-order valence-corrected chi connectivity index (χ1v) is 6.60. The summed E-state index contributed by atoms with van der Waals surface area (Å²) in [5.41, 5.74) is 4.89. The first-order chi connectivity index (χ1) is 8.54. The van der Waals surface area contributed by atoms with Crippen LogP contribution in [0, 0.1) is 0 Å². The zero-order valence-corrected chi connectivity index (χ0v) is 12.0. The van der Waals surface area contributed by atoms with Gasteiger partial charge in [0.15, 0.2) is 0 Å². The Morgan fingerprint density at radius 3 is 2.42 bits per heavy atom. The largest absolute Gasteiger partial charge is 0.351 e. The van der Waals surface area contributed by atoms with Crippen LogP contribution in [0.2, 0.25) is 0 Å². The number of hydrogen-bond donors (Lipinski definition) is 3. The van der Waals surface area contributed by atoms with Crippen LogP contribution in [0.1, 0.15) is 32.1 Å². The van der Waals surface area contributed by atoms with Crippen LogP contribution < -0.4 is 16.4 Å². The number of hydrogen-bond acceptors (Lipinski definition) is 4. The van der Waals surface area contributed by atoms with E-state index in [4.69, 9.17) is 5.73 Å². The molecular formula is C12H23ClN4O2. The molecule has 6 nitrogen and oxygen atoms in total. The van der Waals surface area contributed by atoms with Crippen molar-refractivity contribution in [3.8, 4) is 0 Å². The molecule has 2 saturated heterocycles. The number of carbonyl (C=O) groups excluding carboxylic acids is 2. The molecular weight excluding hydrogens is 268 g/mol. The van der Waals surface area contributed by atoms with Gasteiger partial charge >= 0.3 is 6.03 Å². The molecule has 0 aromatic heterocycles. The Kier molecular flexibility index (Phi) is 6.03. The summed E-state index contributed by atoms with van der Waals surface area (Å²) in [6, 6.07) is 1.07. The number of urea groups is 1. The average molecular weight is 291 g/mol. The predicted molar refractivity (Wildman–Crippen MR) is 75.2 cm³/mol. The second-order valence-electron chi connectivity index (χ2n) is 5.41. The Labute approximate surface area is 119 Å². The van der Waals surface area contributed by atoms with Crippen molar-refractivity contribution in [3.05, 3.63) is 0 Å². The molecule has 2 rings (SSSR count). The van der Waals surface area contributed by atoms with E-state index in [-0.39, 0.29) is 18.3 Å². The molecule has 0 saturated carbocycles. The number of halogens is 1. The van der Waals surface area contributed by atoms with Gasteiger partial charge in [0.25, 0.3) is 0 Å². The molecule has 2 fully saturated rings. The number of carbonyl (C=O) groups is 2. The van der Waals surface area contributed by atoms with Crippen molar-refractivity contribution < 1.29 is 9.59 Å². The maximum absolute atomic E-state index is 11.3. The van der Waals surface area contributed by atoms with E-state index in [0.717, 1.165) is 12.8 Å². The van der Waals surface area contributed by atoms with Crippen molar-refractivity contribution in [2.45, 2.75) is 50.2 Å². The molecule has 2 heterocycles.